The summed E-state index contributed by atoms with van der Waals surface area (Å²) in [4.78, 5) is 32.0. The van der Waals surface area contributed by atoms with Gasteiger partial charge in [0.25, 0.3) is 11.8 Å². The number of carbonyl (C=O) groups is 2. The smallest absolute Gasteiger partial charge is 0.276 e. The number of anilines is 1. The lowest BCUT2D eigenvalue weighted by molar-refractivity contribution is 0.0713. The van der Waals surface area contributed by atoms with E-state index in [9.17, 15) is 9.59 Å². The van der Waals surface area contributed by atoms with Gasteiger partial charge in [-0.25, -0.2) is 4.98 Å². The van der Waals surface area contributed by atoms with Gasteiger partial charge >= 0.3 is 0 Å². The number of pyridine rings is 1. The van der Waals surface area contributed by atoms with Crippen molar-refractivity contribution in [2.24, 2.45) is 7.05 Å². The fraction of sp³-hybridized carbons (Fsp3) is 0.214. The second kappa shape index (κ2) is 9.48. The van der Waals surface area contributed by atoms with Gasteiger partial charge in [-0.2, -0.15) is 5.10 Å². The number of nitrogens with zero attached hydrogens (tertiary/aromatic N) is 5. The number of hydrogen-bond donors (Lipinski definition) is 1. The second-order valence-corrected chi connectivity index (χ2v) is 10.3. The predicted molar refractivity (Wildman–Crippen MR) is 146 cm³/mol. The van der Waals surface area contributed by atoms with Crippen LogP contribution in [0.2, 0.25) is 0 Å². The van der Waals surface area contributed by atoms with E-state index in [-0.39, 0.29) is 11.8 Å². The number of benzene rings is 2. The van der Waals surface area contributed by atoms with E-state index >= 15 is 0 Å². The van der Waals surface area contributed by atoms with E-state index in [1.165, 1.54) is 5.56 Å². The van der Waals surface area contributed by atoms with Crippen LogP contribution < -0.4 is 5.32 Å². The second-order valence-electron chi connectivity index (χ2n) is 9.42. The number of halogens is 1. The topological polar surface area (TPSA) is 84.5 Å². The number of imidazole rings is 1. The molecule has 9 heteroatoms. The van der Waals surface area contributed by atoms with Crippen LogP contribution in [0.3, 0.4) is 0 Å². The number of aryl methyl sites for hydroxylation is 1. The first-order chi connectivity index (χ1) is 18.0. The molecule has 4 heterocycles. The molecule has 2 aromatic carbocycles. The maximum atomic E-state index is 13.0. The average Bonchev–Trinajstić information content (AvgIpc) is 3.52. The molecular formula is C28H25BrN6O2. The third-order valence-electron chi connectivity index (χ3n) is 7.11. The Morgan fingerprint density at radius 2 is 1.81 bits per heavy atom. The van der Waals surface area contributed by atoms with Crippen LogP contribution in [0.5, 0.6) is 0 Å². The fourth-order valence-electron chi connectivity index (χ4n) is 5.09. The fourth-order valence-corrected chi connectivity index (χ4v) is 5.45. The number of fused-ring (bicyclic) bond motifs is 2. The molecular weight excluding hydrogens is 532 g/mol. The molecule has 0 atom stereocenters. The van der Waals surface area contributed by atoms with Gasteiger partial charge < -0.3 is 14.6 Å². The summed E-state index contributed by atoms with van der Waals surface area (Å²) in [5, 5.41) is 8.20. The first kappa shape index (κ1) is 23.4. The first-order valence-corrected chi connectivity index (χ1v) is 13.0. The van der Waals surface area contributed by atoms with Crippen molar-refractivity contribution >= 4 is 49.9 Å². The highest BCUT2D eigenvalue weighted by atomic mass is 79.9. The zero-order valence-electron chi connectivity index (χ0n) is 20.3. The number of rotatable bonds is 4. The highest BCUT2D eigenvalue weighted by Crippen LogP contribution is 2.30. The number of piperidine rings is 1. The number of aromatic nitrogens is 4. The molecule has 1 fully saturated rings. The van der Waals surface area contributed by atoms with Gasteiger partial charge in [0.1, 0.15) is 0 Å². The van der Waals surface area contributed by atoms with Crippen molar-refractivity contribution in [1.82, 2.24) is 24.1 Å². The summed E-state index contributed by atoms with van der Waals surface area (Å²) < 4.78 is 4.51. The maximum Gasteiger partial charge on any atom is 0.276 e. The van der Waals surface area contributed by atoms with E-state index in [0.717, 1.165) is 52.5 Å². The van der Waals surface area contributed by atoms with Gasteiger partial charge in [0.2, 0.25) is 0 Å². The lowest BCUT2D eigenvalue weighted by Crippen LogP contribution is -2.37. The van der Waals surface area contributed by atoms with Gasteiger partial charge in [0.15, 0.2) is 5.69 Å². The van der Waals surface area contributed by atoms with Crippen molar-refractivity contribution in [3.05, 3.63) is 94.6 Å². The van der Waals surface area contributed by atoms with Gasteiger partial charge in [0.05, 0.1) is 23.6 Å². The van der Waals surface area contributed by atoms with Crippen LogP contribution in [0, 0.1) is 0 Å². The third-order valence-corrected chi connectivity index (χ3v) is 7.60. The molecule has 0 unspecified atom stereocenters. The van der Waals surface area contributed by atoms with Gasteiger partial charge in [-0.15, -0.1) is 0 Å². The van der Waals surface area contributed by atoms with Crippen LogP contribution in [-0.2, 0) is 7.05 Å². The van der Waals surface area contributed by atoms with Crippen molar-refractivity contribution in [1.29, 1.82) is 0 Å². The molecule has 186 valence electrons. The predicted octanol–water partition coefficient (Wildman–Crippen LogP) is 5.26. The quantitative estimate of drug-likeness (QED) is 0.327. The van der Waals surface area contributed by atoms with Crippen LogP contribution in [0.4, 0.5) is 5.69 Å². The Labute approximate surface area is 222 Å². The Bertz CT molecular complexity index is 1630. The molecule has 37 heavy (non-hydrogen) atoms. The van der Waals surface area contributed by atoms with Gasteiger partial charge in [-0.3, -0.25) is 14.3 Å². The molecule has 2 amide bonds. The van der Waals surface area contributed by atoms with Crippen molar-refractivity contribution in [2.75, 3.05) is 18.4 Å². The zero-order chi connectivity index (χ0) is 25.5. The maximum absolute atomic E-state index is 13.0. The molecule has 0 saturated carbocycles. The van der Waals surface area contributed by atoms with E-state index in [4.69, 9.17) is 0 Å². The summed E-state index contributed by atoms with van der Waals surface area (Å²) in [5.74, 6) is 0.204. The van der Waals surface area contributed by atoms with Crippen LogP contribution in [-0.4, -0.2) is 49.0 Å². The van der Waals surface area contributed by atoms with E-state index in [1.807, 2.05) is 65.0 Å². The molecule has 3 aromatic heterocycles. The largest absolute Gasteiger partial charge is 0.339 e. The minimum absolute atomic E-state index is 0.0642. The summed E-state index contributed by atoms with van der Waals surface area (Å²) in [6, 6.07) is 17.5. The number of carbonyl (C=O) groups excluding carboxylic acids is 2. The Morgan fingerprint density at radius 3 is 2.59 bits per heavy atom. The van der Waals surface area contributed by atoms with Crippen molar-refractivity contribution < 1.29 is 9.59 Å². The third kappa shape index (κ3) is 4.51. The van der Waals surface area contributed by atoms with E-state index in [1.54, 1.807) is 17.2 Å². The molecule has 0 spiro atoms. The normalized spacial score (nSPS) is 14.4. The molecule has 0 bridgehead atoms. The molecule has 1 saturated heterocycles. The lowest BCUT2D eigenvalue weighted by atomic mass is 9.89. The minimum atomic E-state index is -0.239. The summed E-state index contributed by atoms with van der Waals surface area (Å²) in [5.41, 5.74) is 4.85. The Balaban J connectivity index is 1.09. The van der Waals surface area contributed by atoms with Crippen LogP contribution >= 0.6 is 15.9 Å². The molecule has 8 nitrogen and oxygen atoms in total. The summed E-state index contributed by atoms with van der Waals surface area (Å²) in [6.07, 6.45) is 7.17. The van der Waals surface area contributed by atoms with Crippen LogP contribution in [0.25, 0.3) is 16.4 Å². The van der Waals surface area contributed by atoms with Crippen LogP contribution in [0.1, 0.15) is 45.2 Å². The molecule has 5 aromatic rings. The zero-order valence-corrected chi connectivity index (χ0v) is 21.9. The highest BCUT2D eigenvalue weighted by Gasteiger charge is 2.25. The van der Waals surface area contributed by atoms with Crippen molar-refractivity contribution in [2.45, 2.75) is 18.8 Å². The minimum Gasteiger partial charge on any atom is -0.339 e. The number of amides is 2. The van der Waals surface area contributed by atoms with E-state index in [2.05, 4.69) is 43.5 Å². The summed E-state index contributed by atoms with van der Waals surface area (Å²) >= 11 is 3.47. The molecule has 1 aliphatic rings. The molecule has 1 N–H and O–H groups in total. The number of hydrogen-bond acceptors (Lipinski definition) is 4. The monoisotopic (exact) mass is 556 g/mol. The number of likely N-dealkylation sites (tertiary alicyclic amines) is 1. The van der Waals surface area contributed by atoms with Crippen molar-refractivity contribution in [3.8, 4) is 0 Å². The van der Waals surface area contributed by atoms with E-state index in [0.29, 0.717) is 17.2 Å². The van der Waals surface area contributed by atoms with Gasteiger partial charge in [0, 0.05) is 47.4 Å². The summed E-state index contributed by atoms with van der Waals surface area (Å²) in [6.45, 7) is 1.43. The van der Waals surface area contributed by atoms with Gasteiger partial charge in [-0.1, -0.05) is 28.1 Å². The van der Waals surface area contributed by atoms with E-state index < -0.39 is 0 Å². The van der Waals surface area contributed by atoms with Crippen LogP contribution in [0.15, 0.2) is 77.8 Å². The lowest BCUT2D eigenvalue weighted by Gasteiger charge is -2.32. The SMILES string of the molecule is Cn1nc(C(=O)Nc2ccc(C3CCN(C(=O)c4ccn5cncc5c4)CC3)cc2)c2cc(Br)ccc21. The Kier molecular flexibility index (Phi) is 6.00. The molecule has 1 aliphatic heterocycles. The molecule has 0 radical (unpaired) electrons. The standard InChI is InChI=1S/C28H25BrN6O2/c1-33-25-7-4-21(29)15-24(25)26(32-33)27(36)31-22-5-2-18(3-6-22)19-8-11-34(12-9-19)28(37)20-10-13-35-17-30-16-23(35)14-20/h2-7,10,13-17,19H,8-9,11-12H2,1H3,(H,31,36). The molecule has 6 rings (SSSR count). The van der Waals surface area contributed by atoms with Gasteiger partial charge in [-0.05, 0) is 66.8 Å². The first-order valence-electron chi connectivity index (χ1n) is 12.2. The highest BCUT2D eigenvalue weighted by molar-refractivity contribution is 9.10. The Hall–Kier alpha value is -3.98. The summed E-state index contributed by atoms with van der Waals surface area (Å²) in [7, 11) is 1.83. The number of nitrogens with one attached hydrogen (secondary N) is 1. The Morgan fingerprint density at radius 1 is 1.03 bits per heavy atom. The van der Waals surface area contributed by atoms with Crippen molar-refractivity contribution in [3.63, 3.8) is 0 Å². The average molecular weight is 557 g/mol. The molecule has 0 aliphatic carbocycles.